The van der Waals surface area contributed by atoms with Gasteiger partial charge in [0.05, 0.1) is 0 Å². The number of Topliss-reactive ketones (excluding diaryl/α,β-unsaturated/α-hetero) is 1. The standard InChI is InChI=1S/C15H11BrN2O3/c16-12-7-3-2-6-11(12)15(9-18(20)21)14(19)10-5-1-4-8-13(10)17-15/h1-8,17H,9H2/t15-/m1/s1. The summed E-state index contributed by atoms with van der Waals surface area (Å²) in [6.07, 6.45) is 0. The van der Waals surface area contributed by atoms with Crippen LogP contribution in [0.1, 0.15) is 15.9 Å². The van der Waals surface area contributed by atoms with E-state index >= 15 is 0 Å². The van der Waals surface area contributed by atoms with Gasteiger partial charge in [0.25, 0.3) is 0 Å². The number of benzene rings is 2. The van der Waals surface area contributed by atoms with Gasteiger partial charge in [-0.2, -0.15) is 0 Å². The first kappa shape index (κ1) is 13.8. The van der Waals surface area contributed by atoms with Crippen molar-refractivity contribution in [2.45, 2.75) is 5.54 Å². The van der Waals surface area contributed by atoms with Crippen LogP contribution >= 0.6 is 15.9 Å². The fraction of sp³-hybridized carbons (Fsp3) is 0.133. The van der Waals surface area contributed by atoms with E-state index in [1.807, 2.05) is 0 Å². The summed E-state index contributed by atoms with van der Waals surface area (Å²) in [7, 11) is 0. The highest BCUT2D eigenvalue weighted by atomic mass is 79.9. The summed E-state index contributed by atoms with van der Waals surface area (Å²) >= 11 is 3.39. The number of nitrogens with one attached hydrogen (secondary N) is 1. The minimum atomic E-state index is -1.37. The third-order valence-electron chi connectivity index (χ3n) is 3.61. The second-order valence-corrected chi connectivity index (χ2v) is 5.73. The molecule has 0 aromatic heterocycles. The smallest absolute Gasteiger partial charge is 0.238 e. The molecule has 1 aliphatic heterocycles. The van der Waals surface area contributed by atoms with Gasteiger partial charge in [-0.3, -0.25) is 14.9 Å². The minimum absolute atomic E-state index is 0.276. The molecule has 0 amide bonds. The molecule has 1 heterocycles. The van der Waals surface area contributed by atoms with Crippen LogP contribution in [0.25, 0.3) is 0 Å². The summed E-state index contributed by atoms with van der Waals surface area (Å²) in [5, 5.41) is 14.2. The summed E-state index contributed by atoms with van der Waals surface area (Å²) in [6.45, 7) is -0.511. The number of para-hydroxylation sites is 1. The lowest BCUT2D eigenvalue weighted by Gasteiger charge is -2.25. The Bertz CT molecular complexity index is 747. The number of halogens is 1. The van der Waals surface area contributed by atoms with Crippen LogP contribution in [0, 0.1) is 10.1 Å². The molecule has 2 aromatic rings. The molecule has 0 fully saturated rings. The first-order valence-corrected chi connectivity index (χ1v) is 7.13. The fourth-order valence-corrected chi connectivity index (χ4v) is 3.32. The molecule has 0 bridgehead atoms. The zero-order chi connectivity index (χ0) is 15.0. The van der Waals surface area contributed by atoms with Crippen molar-refractivity contribution in [2.24, 2.45) is 0 Å². The number of carbonyl (C=O) groups excluding carboxylic acids is 1. The lowest BCUT2D eigenvalue weighted by molar-refractivity contribution is -0.486. The van der Waals surface area contributed by atoms with E-state index in [9.17, 15) is 14.9 Å². The van der Waals surface area contributed by atoms with Gasteiger partial charge in [-0.05, 0) is 18.2 Å². The quantitative estimate of drug-likeness (QED) is 0.684. The zero-order valence-corrected chi connectivity index (χ0v) is 12.5. The molecule has 0 spiro atoms. The highest BCUT2D eigenvalue weighted by Crippen LogP contribution is 2.41. The second-order valence-electron chi connectivity index (χ2n) is 4.88. The van der Waals surface area contributed by atoms with Crippen molar-refractivity contribution < 1.29 is 9.72 Å². The van der Waals surface area contributed by atoms with Crippen LogP contribution in [0.3, 0.4) is 0 Å². The van der Waals surface area contributed by atoms with E-state index in [1.54, 1.807) is 48.5 Å². The topological polar surface area (TPSA) is 72.2 Å². The molecule has 3 rings (SSSR count). The molecular weight excluding hydrogens is 336 g/mol. The van der Waals surface area contributed by atoms with Crippen molar-refractivity contribution in [1.82, 2.24) is 0 Å². The number of nitro groups is 1. The van der Waals surface area contributed by atoms with E-state index < -0.39 is 17.0 Å². The van der Waals surface area contributed by atoms with E-state index in [1.165, 1.54) is 0 Å². The average Bonchev–Trinajstić information content (AvgIpc) is 2.73. The van der Waals surface area contributed by atoms with Crippen molar-refractivity contribution in [2.75, 3.05) is 11.9 Å². The maximum absolute atomic E-state index is 12.8. The second kappa shape index (κ2) is 4.96. The molecule has 0 saturated heterocycles. The van der Waals surface area contributed by atoms with E-state index in [2.05, 4.69) is 21.2 Å². The van der Waals surface area contributed by atoms with Gasteiger partial charge in [-0.25, -0.2) is 0 Å². The Morgan fingerprint density at radius 1 is 1.14 bits per heavy atom. The number of anilines is 1. The van der Waals surface area contributed by atoms with Crippen molar-refractivity contribution in [1.29, 1.82) is 0 Å². The van der Waals surface area contributed by atoms with E-state index in [4.69, 9.17) is 0 Å². The first-order chi connectivity index (χ1) is 10.0. The number of ketones is 1. The van der Waals surface area contributed by atoms with Crippen LogP contribution in [0.15, 0.2) is 53.0 Å². The Labute approximate surface area is 129 Å². The number of nitrogens with zero attached hydrogens (tertiary/aromatic N) is 1. The number of carbonyl (C=O) groups is 1. The summed E-state index contributed by atoms with van der Waals surface area (Å²) < 4.78 is 0.667. The Hall–Kier alpha value is -2.21. The molecule has 1 atom stereocenters. The molecule has 6 heteroatoms. The summed E-state index contributed by atoms with van der Waals surface area (Å²) in [6, 6.07) is 14.1. The molecule has 2 aromatic carbocycles. The van der Waals surface area contributed by atoms with Crippen LogP contribution in [-0.2, 0) is 5.54 Å². The van der Waals surface area contributed by atoms with Crippen LogP contribution in [0.4, 0.5) is 5.69 Å². The number of hydrogen-bond donors (Lipinski definition) is 1. The minimum Gasteiger partial charge on any atom is -0.363 e. The van der Waals surface area contributed by atoms with Gasteiger partial charge in [0.1, 0.15) is 0 Å². The molecule has 0 unspecified atom stereocenters. The van der Waals surface area contributed by atoms with Crippen LogP contribution in [0.5, 0.6) is 0 Å². The predicted octanol–water partition coefficient (Wildman–Crippen LogP) is 3.23. The van der Waals surface area contributed by atoms with Crippen LogP contribution in [0.2, 0.25) is 0 Å². The predicted molar refractivity (Wildman–Crippen MR) is 82.1 cm³/mol. The van der Waals surface area contributed by atoms with Crippen molar-refractivity contribution >= 4 is 27.4 Å². The van der Waals surface area contributed by atoms with Crippen LogP contribution in [-0.4, -0.2) is 17.3 Å². The molecule has 0 aliphatic carbocycles. The lowest BCUT2D eigenvalue weighted by Crippen LogP contribution is -2.45. The van der Waals surface area contributed by atoms with Gasteiger partial charge < -0.3 is 5.32 Å². The number of fused-ring (bicyclic) bond motifs is 1. The number of rotatable bonds is 3. The SMILES string of the molecule is O=C1c2ccccc2N[C@]1(C[N+](=O)[O-])c1ccccc1Br. The molecule has 1 aliphatic rings. The fourth-order valence-electron chi connectivity index (χ4n) is 2.69. The summed E-state index contributed by atoms with van der Waals surface area (Å²) in [5.41, 5.74) is 0.311. The first-order valence-electron chi connectivity index (χ1n) is 6.33. The van der Waals surface area contributed by atoms with Gasteiger partial charge in [0, 0.05) is 26.2 Å². The van der Waals surface area contributed by atoms with Gasteiger partial charge in [0.2, 0.25) is 12.3 Å². The van der Waals surface area contributed by atoms with E-state index in [0.717, 1.165) is 0 Å². The molecule has 21 heavy (non-hydrogen) atoms. The third kappa shape index (κ3) is 2.12. The summed E-state index contributed by atoms with van der Waals surface area (Å²) in [4.78, 5) is 23.5. The van der Waals surface area contributed by atoms with Crippen molar-refractivity contribution in [3.05, 3.63) is 74.2 Å². The lowest BCUT2D eigenvalue weighted by atomic mass is 9.86. The van der Waals surface area contributed by atoms with Crippen LogP contribution < -0.4 is 5.32 Å². The van der Waals surface area contributed by atoms with E-state index in [0.29, 0.717) is 21.3 Å². The van der Waals surface area contributed by atoms with Gasteiger partial charge in [-0.15, -0.1) is 0 Å². The molecule has 0 radical (unpaired) electrons. The average molecular weight is 347 g/mol. The largest absolute Gasteiger partial charge is 0.363 e. The zero-order valence-electron chi connectivity index (χ0n) is 10.9. The Kier molecular flexibility index (Phi) is 3.25. The normalized spacial score (nSPS) is 20.0. The summed E-state index contributed by atoms with van der Waals surface area (Å²) in [5.74, 6) is -0.276. The highest BCUT2D eigenvalue weighted by Gasteiger charge is 2.51. The molecule has 5 nitrogen and oxygen atoms in total. The van der Waals surface area contributed by atoms with Crippen molar-refractivity contribution in [3.63, 3.8) is 0 Å². The van der Waals surface area contributed by atoms with Gasteiger partial charge in [0.15, 0.2) is 5.54 Å². The Morgan fingerprint density at radius 2 is 1.81 bits per heavy atom. The third-order valence-corrected chi connectivity index (χ3v) is 4.30. The molecule has 106 valence electrons. The monoisotopic (exact) mass is 346 g/mol. The Morgan fingerprint density at radius 3 is 2.48 bits per heavy atom. The number of hydrogen-bond acceptors (Lipinski definition) is 4. The molecule has 0 saturated carbocycles. The highest BCUT2D eigenvalue weighted by molar-refractivity contribution is 9.10. The Balaban J connectivity index is 2.20. The maximum atomic E-state index is 12.8. The molecular formula is C15H11BrN2O3. The van der Waals surface area contributed by atoms with E-state index in [-0.39, 0.29) is 5.78 Å². The van der Waals surface area contributed by atoms with Crippen molar-refractivity contribution in [3.8, 4) is 0 Å². The maximum Gasteiger partial charge on any atom is 0.238 e. The molecule has 1 N–H and O–H groups in total. The van der Waals surface area contributed by atoms with Gasteiger partial charge in [-0.1, -0.05) is 46.3 Å². The van der Waals surface area contributed by atoms with Gasteiger partial charge >= 0.3 is 0 Å².